The summed E-state index contributed by atoms with van der Waals surface area (Å²) in [5.41, 5.74) is 0.260. The van der Waals surface area contributed by atoms with Crippen molar-refractivity contribution in [2.75, 3.05) is 12.4 Å². The van der Waals surface area contributed by atoms with E-state index in [-0.39, 0.29) is 60.8 Å². The van der Waals surface area contributed by atoms with Crippen LogP contribution in [-0.2, 0) is 40.5 Å². The Balaban J connectivity index is 1.12. The minimum atomic E-state index is -5.08. The lowest BCUT2D eigenvalue weighted by Crippen LogP contribution is -1.99. The predicted octanol–water partition coefficient (Wildman–Crippen LogP) is 12.0. The van der Waals surface area contributed by atoms with Gasteiger partial charge < -0.3 is 15.2 Å². The fraction of sp³-hybridized carbons (Fsp3) is 0.0213. The molecule has 9 rings (SSSR count). The van der Waals surface area contributed by atoms with Crippen LogP contribution in [0.25, 0.3) is 43.1 Å². The molecule has 0 spiro atoms. The van der Waals surface area contributed by atoms with Crippen molar-refractivity contribution in [3.05, 3.63) is 146 Å². The van der Waals surface area contributed by atoms with Gasteiger partial charge in [-0.3, -0.25) is 18.2 Å². The lowest BCUT2D eigenvalue weighted by Gasteiger charge is -2.12. The molecule has 0 heterocycles. The number of benzene rings is 9. The van der Waals surface area contributed by atoms with Gasteiger partial charge in [-0.2, -0.15) is 33.7 Å². The smallest absolute Gasteiger partial charge is 0.296 e. The number of hydrogen-bond donors (Lipinski definition) is 6. The lowest BCUT2D eigenvalue weighted by molar-refractivity contribution is 0.415. The molecule has 25 heteroatoms. The summed E-state index contributed by atoms with van der Waals surface area (Å²) in [6, 6.07) is 34.1. The molecule has 0 radical (unpaired) electrons. The molecule has 0 amide bonds. The van der Waals surface area contributed by atoms with E-state index in [4.69, 9.17) is 4.74 Å². The van der Waals surface area contributed by atoms with Crippen molar-refractivity contribution in [1.29, 1.82) is 0 Å². The van der Waals surface area contributed by atoms with Crippen LogP contribution < -0.4 is 10.1 Å². The minimum absolute atomic E-state index is 0.00198. The highest BCUT2D eigenvalue weighted by atomic mass is 32.2. The summed E-state index contributed by atoms with van der Waals surface area (Å²) >= 11 is 0. The standard InChI is InChI=1S/C47H33N7O14S4/c1-68-30-10-7-28(8-11-30)48-29-9-14-34-27(22-29)23-44(72(65,66)67)46(47(34)55)54-52-42-20-17-39(35-15-12-32(25-38(35)42)70(59,60)61)49-50-41-19-18-40(36-16-13-31(24-37(36)41)69(56,57)58)51-53-45-33-5-3-2-4-26(33)6-21-43(45)71(62,63)64/h2-25,48,55H,1H3,(H,56,57,58)(H,59,60,61)(H,62,63,64)(H,65,66,67). The van der Waals surface area contributed by atoms with Crippen LogP contribution in [0.4, 0.5) is 45.5 Å². The zero-order valence-electron chi connectivity index (χ0n) is 36.6. The minimum Gasteiger partial charge on any atom is -0.505 e. The fourth-order valence-corrected chi connectivity index (χ4v) is 9.99. The normalized spacial score (nSPS) is 12.8. The Labute approximate surface area is 408 Å². The number of methoxy groups -OCH3 is 1. The second-order valence-electron chi connectivity index (χ2n) is 15.6. The number of hydrogen-bond acceptors (Lipinski definition) is 17. The number of phenols is 1. The Kier molecular flexibility index (Phi) is 12.6. The summed E-state index contributed by atoms with van der Waals surface area (Å²) in [5.74, 6) is -0.0589. The van der Waals surface area contributed by atoms with Gasteiger partial charge in [0.2, 0.25) is 0 Å². The average molecular weight is 1050 g/mol. The number of aromatic hydroxyl groups is 1. The highest BCUT2D eigenvalue weighted by molar-refractivity contribution is 7.86. The second kappa shape index (κ2) is 18.6. The monoisotopic (exact) mass is 1050 g/mol. The molecular weight excluding hydrogens is 1010 g/mol. The van der Waals surface area contributed by atoms with Crippen LogP contribution in [-0.4, -0.2) is 64.1 Å². The summed E-state index contributed by atoms with van der Waals surface area (Å²) in [6.07, 6.45) is 0. The first-order valence-corrected chi connectivity index (χ1v) is 26.3. The first-order valence-electron chi connectivity index (χ1n) is 20.6. The largest absolute Gasteiger partial charge is 0.505 e. The van der Waals surface area contributed by atoms with Crippen LogP contribution in [0.15, 0.2) is 196 Å². The lowest BCUT2D eigenvalue weighted by atomic mass is 10.1. The highest BCUT2D eigenvalue weighted by Gasteiger charge is 2.24. The summed E-state index contributed by atoms with van der Waals surface area (Å²) < 4.78 is 145. The Hall–Kier alpha value is -8.14. The van der Waals surface area contributed by atoms with Gasteiger partial charge in [0.05, 0.1) is 39.7 Å². The molecule has 0 atom stereocenters. The average Bonchev–Trinajstić information content (AvgIpc) is 3.33. The van der Waals surface area contributed by atoms with E-state index in [2.05, 4.69) is 36.0 Å². The third kappa shape index (κ3) is 9.94. The summed E-state index contributed by atoms with van der Waals surface area (Å²) in [4.78, 5) is -2.48. The Morgan fingerprint density at radius 2 is 0.889 bits per heavy atom. The van der Waals surface area contributed by atoms with Gasteiger partial charge in [0.1, 0.15) is 26.9 Å². The number of phenolic OH excluding ortho intramolecular Hbond substituents is 1. The van der Waals surface area contributed by atoms with E-state index >= 15 is 0 Å². The topological polar surface area (TPSA) is 333 Å². The molecule has 72 heavy (non-hydrogen) atoms. The van der Waals surface area contributed by atoms with Crippen molar-refractivity contribution < 1.29 is 61.7 Å². The third-order valence-corrected chi connectivity index (χ3v) is 14.6. The molecule has 9 aromatic rings. The molecule has 0 saturated heterocycles. The molecule has 6 N–H and O–H groups in total. The van der Waals surface area contributed by atoms with Crippen molar-refractivity contribution >= 4 is 129 Å². The number of nitrogens with one attached hydrogen (secondary N) is 1. The van der Waals surface area contributed by atoms with Crippen molar-refractivity contribution in [1.82, 2.24) is 0 Å². The van der Waals surface area contributed by atoms with E-state index in [0.29, 0.717) is 27.9 Å². The fourth-order valence-electron chi connectivity index (χ4n) is 7.69. The van der Waals surface area contributed by atoms with Gasteiger partial charge in [-0.1, -0.05) is 42.5 Å². The number of ether oxygens (including phenoxy) is 1. The van der Waals surface area contributed by atoms with Crippen LogP contribution in [0.1, 0.15) is 0 Å². The number of azo groups is 3. The van der Waals surface area contributed by atoms with Gasteiger partial charge in [0.15, 0.2) is 5.75 Å². The molecule has 9 aromatic carbocycles. The molecule has 0 saturated carbocycles. The number of nitrogens with zero attached hydrogens (tertiary/aromatic N) is 6. The molecule has 0 aliphatic heterocycles. The first kappa shape index (κ1) is 48.9. The Morgan fingerprint density at radius 1 is 0.403 bits per heavy atom. The van der Waals surface area contributed by atoms with Gasteiger partial charge in [-0.05, 0) is 114 Å². The van der Waals surface area contributed by atoms with Crippen LogP contribution in [0.2, 0.25) is 0 Å². The number of rotatable bonds is 13. The second-order valence-corrected chi connectivity index (χ2v) is 21.2. The van der Waals surface area contributed by atoms with Crippen LogP contribution in [0.3, 0.4) is 0 Å². The van der Waals surface area contributed by atoms with E-state index in [1.54, 1.807) is 54.6 Å². The summed E-state index contributed by atoms with van der Waals surface area (Å²) in [7, 11) is -18.0. The molecule has 0 fully saturated rings. The molecule has 21 nitrogen and oxygen atoms in total. The van der Waals surface area contributed by atoms with Gasteiger partial charge in [-0.25, -0.2) is 0 Å². The molecule has 0 aliphatic rings. The molecule has 0 unspecified atom stereocenters. The SMILES string of the molecule is COc1ccc(Nc2ccc3c(O)c(N=Nc4ccc(N=Nc5ccc(N=Nc6c(S(=O)(=O)O)ccc7ccccc67)c6ccc(S(=O)(=O)O)cc56)c5ccc(S(=O)(=O)O)cc45)c(S(=O)(=O)O)cc3c2)cc1. The van der Waals surface area contributed by atoms with E-state index in [1.807, 2.05) is 0 Å². The van der Waals surface area contributed by atoms with E-state index in [1.165, 1.54) is 67.8 Å². The molecule has 0 aromatic heterocycles. The maximum absolute atomic E-state index is 12.8. The maximum Gasteiger partial charge on any atom is 0.296 e. The highest BCUT2D eigenvalue weighted by Crippen LogP contribution is 2.45. The predicted molar refractivity (Wildman–Crippen MR) is 266 cm³/mol. The van der Waals surface area contributed by atoms with Crippen LogP contribution in [0.5, 0.6) is 11.5 Å². The van der Waals surface area contributed by atoms with Crippen molar-refractivity contribution in [3.63, 3.8) is 0 Å². The van der Waals surface area contributed by atoms with Crippen molar-refractivity contribution in [3.8, 4) is 11.5 Å². The first-order chi connectivity index (χ1) is 34.1. The quantitative estimate of drug-likeness (QED) is 0.0462. The Morgan fingerprint density at radius 3 is 1.42 bits per heavy atom. The van der Waals surface area contributed by atoms with Crippen LogP contribution >= 0.6 is 0 Å². The van der Waals surface area contributed by atoms with E-state index < -0.39 is 71.5 Å². The van der Waals surface area contributed by atoms with Gasteiger partial charge >= 0.3 is 0 Å². The van der Waals surface area contributed by atoms with E-state index in [0.717, 1.165) is 30.3 Å². The molecule has 0 bridgehead atoms. The van der Waals surface area contributed by atoms with Gasteiger partial charge in [0, 0.05) is 43.7 Å². The van der Waals surface area contributed by atoms with Crippen molar-refractivity contribution in [2.24, 2.45) is 30.7 Å². The Bertz CT molecular complexity index is 4310. The maximum atomic E-state index is 12.8. The third-order valence-electron chi connectivity index (χ3n) is 11.1. The molecule has 0 aliphatic carbocycles. The zero-order chi connectivity index (χ0) is 51.3. The van der Waals surface area contributed by atoms with Crippen molar-refractivity contribution in [2.45, 2.75) is 19.6 Å². The van der Waals surface area contributed by atoms with Gasteiger partial charge in [0.25, 0.3) is 40.5 Å². The molecular formula is C47H33N7O14S4. The number of fused-ring (bicyclic) bond motifs is 4. The summed E-state index contributed by atoms with van der Waals surface area (Å²) in [6.45, 7) is 0. The molecule has 364 valence electrons. The van der Waals surface area contributed by atoms with E-state index in [9.17, 15) is 57.0 Å². The number of anilines is 2. The zero-order valence-corrected chi connectivity index (χ0v) is 39.8. The van der Waals surface area contributed by atoms with Crippen LogP contribution in [0, 0.1) is 0 Å². The van der Waals surface area contributed by atoms with Gasteiger partial charge in [-0.15, -0.1) is 30.7 Å². The summed E-state index contributed by atoms with van der Waals surface area (Å²) in [5, 5.41) is 41.5.